The largest absolute Gasteiger partial charge is 0.396 e. The van der Waals surface area contributed by atoms with Crippen LogP contribution < -0.4 is 0 Å². The Hall–Kier alpha value is -0.240. The zero-order chi connectivity index (χ0) is 11.2. The summed E-state index contributed by atoms with van der Waals surface area (Å²) >= 11 is 0. The van der Waals surface area contributed by atoms with Gasteiger partial charge in [0.15, 0.2) is 0 Å². The normalized spacial score (nSPS) is 16.7. The smallest absolute Gasteiger partial charge is 0.103 e. The van der Waals surface area contributed by atoms with Crippen LogP contribution >= 0.6 is 0 Å². The Morgan fingerprint density at radius 3 is 1.50 bits per heavy atom. The van der Waals surface area contributed by atoms with Gasteiger partial charge in [-0.3, -0.25) is 0 Å². The predicted molar refractivity (Wildman–Crippen MR) is 47.4 cm³/mol. The van der Waals surface area contributed by atoms with Crippen molar-refractivity contribution in [1.29, 1.82) is 0 Å². The monoisotopic (exact) mass is 210 g/mol. The molecule has 0 amide bonds. The van der Waals surface area contributed by atoms with Crippen molar-refractivity contribution in [3.8, 4) is 0 Å². The molecule has 0 saturated carbocycles. The van der Waals surface area contributed by atoms with E-state index in [9.17, 15) is 5.11 Å². The molecule has 86 valence electrons. The van der Waals surface area contributed by atoms with Gasteiger partial charge in [0.05, 0.1) is 32.5 Å². The fourth-order valence-corrected chi connectivity index (χ4v) is 1.05. The first-order valence-electron chi connectivity index (χ1n) is 4.35. The van der Waals surface area contributed by atoms with E-state index in [-0.39, 0.29) is 6.42 Å². The summed E-state index contributed by atoms with van der Waals surface area (Å²) in [6.45, 7) is -2.13. The SMILES string of the molecule is OCC(O)C(O)CC(CO)(CO)CO. The van der Waals surface area contributed by atoms with Crippen molar-refractivity contribution in [1.82, 2.24) is 0 Å². The molecule has 0 aliphatic carbocycles. The lowest BCUT2D eigenvalue weighted by Crippen LogP contribution is -2.42. The lowest BCUT2D eigenvalue weighted by Gasteiger charge is -2.30. The fourth-order valence-electron chi connectivity index (χ4n) is 1.05. The van der Waals surface area contributed by atoms with Gasteiger partial charge in [0, 0.05) is 5.41 Å². The highest BCUT2D eigenvalue weighted by Gasteiger charge is 2.33. The van der Waals surface area contributed by atoms with Gasteiger partial charge in [-0.25, -0.2) is 0 Å². The molecule has 0 aliphatic heterocycles. The van der Waals surface area contributed by atoms with E-state index in [1.54, 1.807) is 0 Å². The van der Waals surface area contributed by atoms with Gasteiger partial charge >= 0.3 is 0 Å². The van der Waals surface area contributed by atoms with Crippen LogP contribution in [0.25, 0.3) is 0 Å². The van der Waals surface area contributed by atoms with Crippen LogP contribution in [0.5, 0.6) is 0 Å². The van der Waals surface area contributed by atoms with Crippen LogP contribution in [-0.2, 0) is 0 Å². The Bertz CT molecular complexity index is 139. The summed E-state index contributed by atoms with van der Waals surface area (Å²) in [5.41, 5.74) is -1.23. The van der Waals surface area contributed by atoms with Crippen LogP contribution in [0.15, 0.2) is 0 Å². The van der Waals surface area contributed by atoms with E-state index >= 15 is 0 Å². The second-order valence-electron chi connectivity index (χ2n) is 3.50. The minimum Gasteiger partial charge on any atom is -0.396 e. The van der Waals surface area contributed by atoms with E-state index in [0.29, 0.717) is 0 Å². The maximum absolute atomic E-state index is 9.30. The second kappa shape index (κ2) is 6.28. The molecule has 0 rings (SSSR count). The fraction of sp³-hybridized carbons (Fsp3) is 1.00. The van der Waals surface area contributed by atoms with Crippen molar-refractivity contribution < 1.29 is 30.6 Å². The average molecular weight is 210 g/mol. The van der Waals surface area contributed by atoms with Crippen LogP contribution in [0.3, 0.4) is 0 Å². The van der Waals surface area contributed by atoms with Crippen molar-refractivity contribution in [2.45, 2.75) is 18.6 Å². The van der Waals surface area contributed by atoms with Crippen molar-refractivity contribution in [2.75, 3.05) is 26.4 Å². The highest BCUT2D eigenvalue weighted by molar-refractivity contribution is 4.82. The van der Waals surface area contributed by atoms with Gasteiger partial charge in [0.25, 0.3) is 0 Å². The maximum Gasteiger partial charge on any atom is 0.103 e. The van der Waals surface area contributed by atoms with Gasteiger partial charge < -0.3 is 30.6 Å². The molecule has 2 atom stereocenters. The summed E-state index contributed by atoms with van der Waals surface area (Å²) in [4.78, 5) is 0. The van der Waals surface area contributed by atoms with Crippen molar-refractivity contribution >= 4 is 0 Å². The number of rotatable bonds is 7. The molecule has 0 bridgehead atoms. The highest BCUT2D eigenvalue weighted by atomic mass is 16.4. The summed E-state index contributed by atoms with van der Waals surface area (Å²) in [5, 5.41) is 53.6. The first-order chi connectivity index (χ1) is 6.55. The summed E-state index contributed by atoms with van der Waals surface area (Å²) in [6.07, 6.45) is -2.80. The second-order valence-corrected chi connectivity index (χ2v) is 3.50. The molecule has 0 radical (unpaired) electrons. The number of aliphatic hydroxyl groups excluding tert-OH is 6. The Kier molecular flexibility index (Phi) is 6.17. The van der Waals surface area contributed by atoms with E-state index in [2.05, 4.69) is 0 Å². The molecule has 0 aliphatic rings. The molecule has 6 N–H and O–H groups in total. The Balaban J connectivity index is 4.28. The molecular formula is C8H18O6. The van der Waals surface area contributed by atoms with Gasteiger partial charge in [0.2, 0.25) is 0 Å². The van der Waals surface area contributed by atoms with Crippen LogP contribution in [0.1, 0.15) is 6.42 Å². The summed E-state index contributed by atoms with van der Waals surface area (Å²) < 4.78 is 0. The van der Waals surface area contributed by atoms with Crippen molar-refractivity contribution in [3.05, 3.63) is 0 Å². The summed E-state index contributed by atoms with van der Waals surface area (Å²) in [5.74, 6) is 0. The third kappa shape index (κ3) is 3.49. The van der Waals surface area contributed by atoms with Crippen LogP contribution in [0.2, 0.25) is 0 Å². The molecule has 0 aromatic rings. The lowest BCUT2D eigenvalue weighted by molar-refractivity contribution is -0.0741. The van der Waals surface area contributed by atoms with Gasteiger partial charge in [-0.05, 0) is 6.42 Å². The number of hydrogen-bond donors (Lipinski definition) is 6. The molecule has 6 nitrogen and oxygen atoms in total. The number of hydrogen-bond acceptors (Lipinski definition) is 6. The van der Waals surface area contributed by atoms with E-state index < -0.39 is 44.1 Å². The van der Waals surface area contributed by atoms with E-state index in [1.807, 2.05) is 0 Å². The van der Waals surface area contributed by atoms with Gasteiger partial charge in [-0.15, -0.1) is 0 Å². The highest BCUT2D eigenvalue weighted by Crippen LogP contribution is 2.23. The van der Waals surface area contributed by atoms with Crippen molar-refractivity contribution in [2.24, 2.45) is 5.41 Å². The minimum atomic E-state index is -1.33. The zero-order valence-corrected chi connectivity index (χ0v) is 7.87. The number of aliphatic hydroxyl groups is 6. The molecular weight excluding hydrogens is 192 g/mol. The van der Waals surface area contributed by atoms with E-state index in [0.717, 1.165) is 0 Å². The minimum absolute atomic E-state index is 0.182. The van der Waals surface area contributed by atoms with Crippen molar-refractivity contribution in [3.63, 3.8) is 0 Å². The van der Waals surface area contributed by atoms with Gasteiger partial charge in [-0.2, -0.15) is 0 Å². The van der Waals surface area contributed by atoms with Crippen LogP contribution in [0, 0.1) is 5.41 Å². The molecule has 0 aromatic heterocycles. The zero-order valence-electron chi connectivity index (χ0n) is 7.87. The molecule has 0 heterocycles. The average Bonchev–Trinajstić information content (AvgIpc) is 2.24. The Morgan fingerprint density at radius 2 is 1.21 bits per heavy atom. The molecule has 6 heteroatoms. The molecule has 0 saturated heterocycles. The van der Waals surface area contributed by atoms with Crippen LogP contribution in [0.4, 0.5) is 0 Å². The molecule has 0 fully saturated rings. The summed E-state index contributed by atoms with van der Waals surface area (Å²) in [7, 11) is 0. The quantitative estimate of drug-likeness (QED) is 0.267. The maximum atomic E-state index is 9.30. The van der Waals surface area contributed by atoms with Crippen LogP contribution in [-0.4, -0.2) is 69.3 Å². The summed E-state index contributed by atoms with van der Waals surface area (Å²) in [6, 6.07) is 0. The first-order valence-corrected chi connectivity index (χ1v) is 4.35. The standard InChI is InChI=1S/C8H18O6/c9-2-7(14)6(13)1-8(3-10,4-11)5-12/h6-7,9-14H,1-5H2. The van der Waals surface area contributed by atoms with E-state index in [4.69, 9.17) is 25.5 Å². The molecule has 2 unspecified atom stereocenters. The van der Waals surface area contributed by atoms with Gasteiger partial charge in [0.1, 0.15) is 6.10 Å². The molecule has 14 heavy (non-hydrogen) atoms. The first kappa shape index (κ1) is 13.8. The third-order valence-electron chi connectivity index (χ3n) is 2.28. The Morgan fingerprint density at radius 1 is 0.786 bits per heavy atom. The predicted octanol–water partition coefficient (Wildman–Crippen LogP) is -2.95. The lowest BCUT2D eigenvalue weighted by atomic mass is 9.83. The topological polar surface area (TPSA) is 121 Å². The van der Waals surface area contributed by atoms with Gasteiger partial charge in [-0.1, -0.05) is 0 Å². The molecule has 0 spiro atoms. The third-order valence-corrected chi connectivity index (χ3v) is 2.28. The molecule has 0 aromatic carbocycles. The Labute approximate surface area is 82.1 Å². The van der Waals surface area contributed by atoms with E-state index in [1.165, 1.54) is 0 Å².